The Morgan fingerprint density at radius 1 is 1.24 bits per heavy atom. The number of carbonyl (C=O) groups is 1. The van der Waals surface area contributed by atoms with Crippen LogP contribution in [-0.2, 0) is 11.2 Å². The van der Waals surface area contributed by atoms with Gasteiger partial charge in [0, 0.05) is 15.7 Å². The van der Waals surface area contributed by atoms with Crippen LogP contribution in [0.4, 0.5) is 5.69 Å². The minimum Gasteiger partial charge on any atom is -0.326 e. The number of nitriles is 1. The fourth-order valence-electron chi connectivity index (χ4n) is 1.98. The number of carbonyl (C=O) groups excluding carboxylic acids is 1. The first-order chi connectivity index (χ1) is 10.1. The topological polar surface area (TPSA) is 52.9 Å². The monoisotopic (exact) mass is 390 g/mol. The van der Waals surface area contributed by atoms with Crippen LogP contribution in [0.1, 0.15) is 23.1 Å². The highest BCUT2D eigenvalue weighted by atomic mass is 127. The van der Waals surface area contributed by atoms with Gasteiger partial charge < -0.3 is 5.32 Å². The first-order valence-electron chi connectivity index (χ1n) is 6.63. The van der Waals surface area contributed by atoms with Gasteiger partial charge in [-0.25, -0.2) is 0 Å². The molecule has 0 atom stereocenters. The smallest absolute Gasteiger partial charge is 0.224 e. The molecule has 0 aliphatic heterocycles. The van der Waals surface area contributed by atoms with Gasteiger partial charge >= 0.3 is 0 Å². The van der Waals surface area contributed by atoms with Crippen LogP contribution in [0.25, 0.3) is 0 Å². The fourth-order valence-corrected chi connectivity index (χ4v) is 2.63. The lowest BCUT2D eigenvalue weighted by Crippen LogP contribution is -2.13. The minimum atomic E-state index is 0.00340. The molecule has 0 unspecified atom stereocenters. The maximum Gasteiger partial charge on any atom is 0.224 e. The predicted octanol–water partition coefficient (Wildman–Crippen LogP) is 4.04. The van der Waals surface area contributed by atoms with Crippen LogP contribution >= 0.6 is 22.6 Å². The van der Waals surface area contributed by atoms with Crippen molar-refractivity contribution in [3.8, 4) is 6.07 Å². The lowest BCUT2D eigenvalue weighted by molar-refractivity contribution is -0.116. The molecule has 0 saturated carbocycles. The Labute approximate surface area is 138 Å². The Balaban J connectivity index is 1.91. The second kappa shape index (κ2) is 7.23. The first kappa shape index (κ1) is 15.5. The van der Waals surface area contributed by atoms with E-state index in [1.807, 2.05) is 37.3 Å². The standard InChI is InChI=1S/C17H15IN2O/c1-12-10-15(18)7-8-16(12)20-17(21)9-6-13-2-4-14(11-19)5-3-13/h2-5,7-8,10H,6,9H2,1H3,(H,20,21). The van der Waals surface area contributed by atoms with Gasteiger partial charge in [-0.1, -0.05) is 12.1 Å². The molecule has 106 valence electrons. The molecule has 1 N–H and O–H groups in total. The van der Waals surface area contributed by atoms with E-state index in [4.69, 9.17) is 5.26 Å². The fraction of sp³-hybridized carbons (Fsp3) is 0.176. The van der Waals surface area contributed by atoms with Gasteiger partial charge in [-0.05, 0) is 77.4 Å². The molecule has 0 aromatic heterocycles. The van der Waals surface area contributed by atoms with Gasteiger partial charge in [0.15, 0.2) is 0 Å². The molecule has 0 fully saturated rings. The second-order valence-corrected chi connectivity index (χ2v) is 6.06. The molecule has 0 aliphatic rings. The van der Waals surface area contributed by atoms with Crippen LogP contribution in [-0.4, -0.2) is 5.91 Å². The molecule has 1 amide bonds. The third kappa shape index (κ3) is 4.57. The Morgan fingerprint density at radius 3 is 2.57 bits per heavy atom. The molecule has 2 aromatic carbocycles. The second-order valence-electron chi connectivity index (χ2n) is 4.82. The summed E-state index contributed by atoms with van der Waals surface area (Å²) in [7, 11) is 0. The summed E-state index contributed by atoms with van der Waals surface area (Å²) in [5.41, 5.74) is 3.62. The van der Waals surface area contributed by atoms with Crippen molar-refractivity contribution in [2.75, 3.05) is 5.32 Å². The van der Waals surface area contributed by atoms with Crippen molar-refractivity contribution >= 4 is 34.2 Å². The van der Waals surface area contributed by atoms with Gasteiger partial charge in [-0.15, -0.1) is 0 Å². The normalized spacial score (nSPS) is 9.95. The molecule has 3 nitrogen and oxygen atoms in total. The summed E-state index contributed by atoms with van der Waals surface area (Å²) in [4.78, 5) is 12.0. The number of amides is 1. The molecule has 2 aromatic rings. The number of benzene rings is 2. The van der Waals surface area contributed by atoms with Crippen molar-refractivity contribution in [3.63, 3.8) is 0 Å². The van der Waals surface area contributed by atoms with Crippen LogP contribution in [0.5, 0.6) is 0 Å². The summed E-state index contributed by atoms with van der Waals surface area (Å²) >= 11 is 2.25. The predicted molar refractivity (Wildman–Crippen MR) is 92.0 cm³/mol. The highest BCUT2D eigenvalue weighted by Crippen LogP contribution is 2.18. The Bertz CT molecular complexity index is 687. The Hall–Kier alpha value is -1.87. The van der Waals surface area contributed by atoms with Crippen LogP contribution in [0, 0.1) is 21.8 Å². The third-order valence-electron chi connectivity index (χ3n) is 3.19. The number of rotatable bonds is 4. The molecular formula is C17H15IN2O. The average molecular weight is 390 g/mol. The molecule has 0 aliphatic carbocycles. The van der Waals surface area contributed by atoms with Crippen LogP contribution in [0.15, 0.2) is 42.5 Å². The summed E-state index contributed by atoms with van der Waals surface area (Å²) in [6.07, 6.45) is 1.10. The number of nitrogens with one attached hydrogen (secondary N) is 1. The number of nitrogens with zero attached hydrogens (tertiary/aromatic N) is 1. The zero-order chi connectivity index (χ0) is 15.2. The summed E-state index contributed by atoms with van der Waals surface area (Å²) in [5.74, 6) is 0.00340. The van der Waals surface area contributed by atoms with Gasteiger partial charge in [0.25, 0.3) is 0 Å². The zero-order valence-corrected chi connectivity index (χ0v) is 13.8. The molecule has 0 bridgehead atoms. The van der Waals surface area contributed by atoms with Crippen molar-refractivity contribution in [3.05, 3.63) is 62.7 Å². The summed E-state index contributed by atoms with van der Waals surface area (Å²) in [6, 6.07) is 15.4. The van der Waals surface area contributed by atoms with Gasteiger partial charge in [0.1, 0.15) is 0 Å². The van der Waals surface area contributed by atoms with Gasteiger partial charge in [-0.3, -0.25) is 4.79 Å². The maximum absolute atomic E-state index is 12.0. The van der Waals surface area contributed by atoms with E-state index < -0.39 is 0 Å². The van der Waals surface area contributed by atoms with Crippen molar-refractivity contribution in [1.29, 1.82) is 5.26 Å². The van der Waals surface area contributed by atoms with E-state index in [0.29, 0.717) is 18.4 Å². The zero-order valence-electron chi connectivity index (χ0n) is 11.7. The number of aryl methyl sites for hydroxylation is 2. The number of hydrogen-bond donors (Lipinski definition) is 1. The van der Waals surface area contributed by atoms with Gasteiger partial charge in [0.05, 0.1) is 11.6 Å². The molecule has 21 heavy (non-hydrogen) atoms. The SMILES string of the molecule is Cc1cc(I)ccc1NC(=O)CCc1ccc(C#N)cc1. The third-order valence-corrected chi connectivity index (χ3v) is 3.86. The van der Waals surface area contributed by atoms with Crippen LogP contribution < -0.4 is 5.32 Å². The highest BCUT2D eigenvalue weighted by molar-refractivity contribution is 14.1. The molecule has 4 heteroatoms. The molecule has 0 radical (unpaired) electrons. The number of hydrogen-bond acceptors (Lipinski definition) is 2. The van der Waals surface area contributed by atoms with E-state index >= 15 is 0 Å². The summed E-state index contributed by atoms with van der Waals surface area (Å²) < 4.78 is 1.15. The van der Waals surface area contributed by atoms with E-state index in [2.05, 4.69) is 34.0 Å². The largest absolute Gasteiger partial charge is 0.326 e. The summed E-state index contributed by atoms with van der Waals surface area (Å²) in [5, 5.41) is 11.7. The quantitative estimate of drug-likeness (QED) is 0.802. The first-order valence-corrected chi connectivity index (χ1v) is 7.71. The maximum atomic E-state index is 12.0. The molecule has 0 heterocycles. The van der Waals surface area contributed by atoms with E-state index in [0.717, 1.165) is 20.4 Å². The van der Waals surface area contributed by atoms with Crippen molar-refractivity contribution in [2.45, 2.75) is 19.8 Å². The number of anilines is 1. The van der Waals surface area contributed by atoms with E-state index in [1.165, 1.54) is 0 Å². The van der Waals surface area contributed by atoms with Crippen molar-refractivity contribution in [2.24, 2.45) is 0 Å². The van der Waals surface area contributed by atoms with Gasteiger partial charge in [-0.2, -0.15) is 5.26 Å². The van der Waals surface area contributed by atoms with Crippen molar-refractivity contribution < 1.29 is 4.79 Å². The molecule has 2 rings (SSSR count). The molecular weight excluding hydrogens is 375 g/mol. The molecule has 0 spiro atoms. The minimum absolute atomic E-state index is 0.00340. The van der Waals surface area contributed by atoms with Crippen LogP contribution in [0.3, 0.4) is 0 Å². The highest BCUT2D eigenvalue weighted by Gasteiger charge is 2.05. The lowest BCUT2D eigenvalue weighted by atomic mass is 10.1. The van der Waals surface area contributed by atoms with Gasteiger partial charge in [0.2, 0.25) is 5.91 Å². The van der Waals surface area contributed by atoms with Crippen LogP contribution in [0.2, 0.25) is 0 Å². The Kier molecular flexibility index (Phi) is 5.34. The summed E-state index contributed by atoms with van der Waals surface area (Å²) in [6.45, 7) is 1.98. The lowest BCUT2D eigenvalue weighted by Gasteiger charge is -2.09. The number of halogens is 1. The molecule has 0 saturated heterocycles. The van der Waals surface area contributed by atoms with E-state index in [9.17, 15) is 4.79 Å². The average Bonchev–Trinajstić information content (AvgIpc) is 2.48. The van der Waals surface area contributed by atoms with Crippen molar-refractivity contribution in [1.82, 2.24) is 0 Å². The Morgan fingerprint density at radius 2 is 1.95 bits per heavy atom. The van der Waals surface area contributed by atoms with E-state index in [1.54, 1.807) is 12.1 Å². The van der Waals surface area contributed by atoms with E-state index in [-0.39, 0.29) is 5.91 Å².